The Balaban J connectivity index is 3.20. The molecule has 0 aromatic heterocycles. The van der Waals surface area contributed by atoms with Crippen LogP contribution in [0.25, 0.3) is 0 Å². The number of carbonyl (C=O) groups excluding carboxylic acids is 1. The Morgan fingerprint density at radius 2 is 2.00 bits per heavy atom. The van der Waals surface area contributed by atoms with E-state index in [4.69, 9.17) is 22.4 Å². The zero-order valence-corrected chi connectivity index (χ0v) is 12.4. The first kappa shape index (κ1) is 17.4. The summed E-state index contributed by atoms with van der Waals surface area (Å²) in [6.45, 7) is 0.672. The normalized spacial score (nSPS) is 12.9. The van der Waals surface area contributed by atoms with Gasteiger partial charge in [-0.3, -0.25) is 4.79 Å². The van der Waals surface area contributed by atoms with Gasteiger partial charge in [0.05, 0.1) is 10.5 Å². The molecule has 5 N–H and O–H groups in total. The predicted octanol–water partition coefficient (Wildman–Crippen LogP) is -0.529. The second-order valence-corrected chi connectivity index (χ2v) is 6.32. The molecule has 0 spiro atoms. The first-order valence-electron chi connectivity index (χ1n) is 5.56. The molecule has 0 aliphatic carbocycles. The van der Waals surface area contributed by atoms with Crippen LogP contribution in [0.3, 0.4) is 0 Å². The number of benzene rings is 1. The molecular weight excluding hydrogens is 324 g/mol. The minimum absolute atomic E-state index is 0.0204. The maximum atomic E-state index is 12.1. The lowest BCUT2D eigenvalue weighted by Crippen LogP contribution is -2.40. The van der Waals surface area contributed by atoms with Gasteiger partial charge in [-0.15, -0.1) is 0 Å². The molecule has 1 unspecified atom stereocenters. The van der Waals surface area contributed by atoms with Crippen LogP contribution in [0, 0.1) is 6.92 Å². The first-order valence-corrected chi connectivity index (χ1v) is 7.43. The second-order valence-electron chi connectivity index (χ2n) is 4.15. The summed E-state index contributed by atoms with van der Waals surface area (Å²) in [6.07, 6.45) is -1.70. The lowest BCUT2D eigenvalue weighted by Gasteiger charge is -2.13. The minimum atomic E-state index is -4.16. The molecule has 116 valence electrons. The SMILES string of the molecule is Cc1c(C(=O)O)cc(Cl)cc1S(=O)(=O)NCC(O)C(N)=O. The fraction of sp³-hybridized carbons (Fsp3) is 0.273. The van der Waals surface area contributed by atoms with Gasteiger partial charge >= 0.3 is 5.97 Å². The Hall–Kier alpha value is -1.68. The van der Waals surface area contributed by atoms with Crippen molar-refractivity contribution in [2.24, 2.45) is 5.73 Å². The van der Waals surface area contributed by atoms with Gasteiger partial charge < -0.3 is 15.9 Å². The third kappa shape index (κ3) is 4.14. The van der Waals surface area contributed by atoms with Crippen molar-refractivity contribution in [2.45, 2.75) is 17.9 Å². The number of nitrogens with one attached hydrogen (secondary N) is 1. The third-order valence-electron chi connectivity index (χ3n) is 2.64. The monoisotopic (exact) mass is 336 g/mol. The average molecular weight is 337 g/mol. The fourth-order valence-corrected chi connectivity index (χ4v) is 3.13. The van der Waals surface area contributed by atoms with Gasteiger partial charge in [0.25, 0.3) is 0 Å². The number of rotatable bonds is 6. The first-order chi connectivity index (χ1) is 9.56. The zero-order chi connectivity index (χ0) is 16.4. The van der Waals surface area contributed by atoms with Gasteiger partial charge in [-0.05, 0) is 24.6 Å². The van der Waals surface area contributed by atoms with Gasteiger partial charge in [-0.2, -0.15) is 0 Å². The van der Waals surface area contributed by atoms with Crippen LogP contribution in [-0.2, 0) is 14.8 Å². The van der Waals surface area contributed by atoms with Crippen molar-refractivity contribution in [2.75, 3.05) is 6.54 Å². The van der Waals surface area contributed by atoms with Gasteiger partial charge in [-0.1, -0.05) is 11.6 Å². The molecular formula is C11H13ClN2O6S. The molecule has 1 rings (SSSR count). The zero-order valence-electron chi connectivity index (χ0n) is 10.8. The minimum Gasteiger partial charge on any atom is -0.478 e. The molecule has 1 amide bonds. The highest BCUT2D eigenvalue weighted by atomic mass is 35.5. The van der Waals surface area contributed by atoms with Crippen molar-refractivity contribution < 1.29 is 28.2 Å². The van der Waals surface area contributed by atoms with Crippen LogP contribution in [0.5, 0.6) is 0 Å². The van der Waals surface area contributed by atoms with Crippen molar-refractivity contribution in [3.05, 3.63) is 28.3 Å². The molecule has 0 fully saturated rings. The Morgan fingerprint density at radius 3 is 2.48 bits per heavy atom. The maximum absolute atomic E-state index is 12.1. The summed E-state index contributed by atoms with van der Waals surface area (Å²) in [4.78, 5) is 21.3. The van der Waals surface area contributed by atoms with Crippen LogP contribution in [0.2, 0.25) is 5.02 Å². The van der Waals surface area contributed by atoms with Crippen molar-refractivity contribution in [1.82, 2.24) is 4.72 Å². The number of nitrogens with two attached hydrogens (primary N) is 1. The van der Waals surface area contributed by atoms with E-state index >= 15 is 0 Å². The number of primary amides is 1. The largest absolute Gasteiger partial charge is 0.478 e. The van der Waals surface area contributed by atoms with E-state index in [9.17, 15) is 23.1 Å². The quantitative estimate of drug-likeness (QED) is 0.549. The number of aliphatic hydroxyl groups is 1. The Morgan fingerprint density at radius 1 is 1.43 bits per heavy atom. The molecule has 0 heterocycles. The van der Waals surface area contributed by atoms with Crippen molar-refractivity contribution >= 4 is 33.5 Å². The molecule has 0 radical (unpaired) electrons. The summed E-state index contributed by atoms with van der Waals surface area (Å²) in [7, 11) is -4.16. The molecule has 10 heteroatoms. The number of aromatic carboxylic acids is 1. The van der Waals surface area contributed by atoms with E-state index in [1.807, 2.05) is 4.72 Å². The molecule has 1 aromatic carbocycles. The number of carbonyl (C=O) groups is 2. The highest BCUT2D eigenvalue weighted by molar-refractivity contribution is 7.89. The number of sulfonamides is 1. The molecule has 0 saturated carbocycles. The summed E-state index contributed by atoms with van der Waals surface area (Å²) in [5.41, 5.74) is 4.51. The summed E-state index contributed by atoms with van der Waals surface area (Å²) in [6, 6.07) is 2.19. The topological polar surface area (TPSA) is 147 Å². The Labute approximate surface area is 125 Å². The molecule has 0 aliphatic rings. The Bertz CT molecular complexity index is 688. The Kier molecular flexibility index (Phi) is 5.29. The van der Waals surface area contributed by atoms with Crippen molar-refractivity contribution in [3.63, 3.8) is 0 Å². The molecule has 0 bridgehead atoms. The number of hydrogen-bond donors (Lipinski definition) is 4. The van der Waals surface area contributed by atoms with Crippen LogP contribution in [-0.4, -0.2) is 43.2 Å². The van der Waals surface area contributed by atoms with Gasteiger partial charge in [0, 0.05) is 11.6 Å². The van der Waals surface area contributed by atoms with E-state index < -0.39 is 34.5 Å². The van der Waals surface area contributed by atoms with Crippen LogP contribution < -0.4 is 10.5 Å². The number of amides is 1. The predicted molar refractivity (Wildman–Crippen MR) is 73.5 cm³/mol. The molecule has 21 heavy (non-hydrogen) atoms. The third-order valence-corrected chi connectivity index (χ3v) is 4.41. The van der Waals surface area contributed by atoms with Crippen molar-refractivity contribution in [3.8, 4) is 0 Å². The fourth-order valence-electron chi connectivity index (χ4n) is 1.52. The average Bonchev–Trinajstić information content (AvgIpc) is 2.37. The van der Waals surface area contributed by atoms with Crippen LogP contribution in [0.1, 0.15) is 15.9 Å². The number of carboxylic acids is 1. The molecule has 0 aliphatic heterocycles. The number of halogens is 1. The van der Waals surface area contributed by atoms with E-state index in [2.05, 4.69) is 0 Å². The van der Waals surface area contributed by atoms with E-state index in [1.165, 1.54) is 6.92 Å². The number of carboxylic acid groups (broad SMARTS) is 1. The standard InChI is InChI=1S/C11H13ClN2O6S/c1-5-7(11(17)18)2-6(12)3-9(5)21(19,20)14-4-8(15)10(13)16/h2-3,8,14-15H,4H2,1H3,(H2,13,16)(H,17,18). The number of aliphatic hydroxyl groups excluding tert-OH is 1. The van der Waals surface area contributed by atoms with E-state index in [1.54, 1.807) is 0 Å². The molecule has 1 atom stereocenters. The van der Waals surface area contributed by atoms with Crippen molar-refractivity contribution in [1.29, 1.82) is 0 Å². The molecule has 1 aromatic rings. The molecule has 0 saturated heterocycles. The summed E-state index contributed by atoms with van der Waals surface area (Å²) < 4.78 is 26.1. The van der Waals surface area contributed by atoms with Gasteiger partial charge in [0.15, 0.2) is 0 Å². The van der Waals surface area contributed by atoms with Crippen LogP contribution in [0.15, 0.2) is 17.0 Å². The highest BCUT2D eigenvalue weighted by Crippen LogP contribution is 2.24. The smallest absolute Gasteiger partial charge is 0.336 e. The van der Waals surface area contributed by atoms with Gasteiger partial charge in [0.2, 0.25) is 15.9 Å². The molecule has 8 nitrogen and oxygen atoms in total. The summed E-state index contributed by atoms with van der Waals surface area (Å²) in [5, 5.41) is 18.1. The van der Waals surface area contributed by atoms with E-state index in [-0.39, 0.29) is 21.0 Å². The van der Waals surface area contributed by atoms with Crippen LogP contribution >= 0.6 is 11.6 Å². The highest BCUT2D eigenvalue weighted by Gasteiger charge is 2.23. The van der Waals surface area contributed by atoms with Gasteiger partial charge in [-0.25, -0.2) is 17.9 Å². The lowest BCUT2D eigenvalue weighted by molar-refractivity contribution is -0.125. The summed E-state index contributed by atoms with van der Waals surface area (Å²) >= 11 is 5.71. The number of hydrogen-bond acceptors (Lipinski definition) is 5. The van der Waals surface area contributed by atoms with E-state index in [0.29, 0.717) is 0 Å². The lowest BCUT2D eigenvalue weighted by atomic mass is 10.1. The second kappa shape index (κ2) is 6.39. The van der Waals surface area contributed by atoms with Gasteiger partial charge in [0.1, 0.15) is 6.10 Å². The summed E-state index contributed by atoms with van der Waals surface area (Å²) in [5.74, 6) is -2.42. The van der Waals surface area contributed by atoms with E-state index in [0.717, 1.165) is 12.1 Å². The maximum Gasteiger partial charge on any atom is 0.336 e. The van der Waals surface area contributed by atoms with Crippen LogP contribution in [0.4, 0.5) is 0 Å².